The van der Waals surface area contributed by atoms with E-state index >= 15 is 0 Å². The van der Waals surface area contributed by atoms with E-state index in [-0.39, 0.29) is 10.7 Å². The second-order valence-corrected chi connectivity index (χ2v) is 7.31. The van der Waals surface area contributed by atoms with Crippen LogP contribution in [0.15, 0.2) is 71.8 Å². The Morgan fingerprint density at radius 1 is 1.00 bits per heavy atom. The average molecular weight is 371 g/mol. The molecule has 2 N–H and O–H groups in total. The van der Waals surface area contributed by atoms with E-state index in [1.165, 1.54) is 17.7 Å². The maximum absolute atomic E-state index is 12.9. The minimum atomic E-state index is -3.81. The number of nitrogens with zero attached hydrogens (tertiary/aromatic N) is 1. The lowest BCUT2D eigenvalue weighted by Gasteiger charge is -2.11. The van der Waals surface area contributed by atoms with Crippen LogP contribution in [0.25, 0.3) is 0 Å². The molecule has 0 bridgehead atoms. The Morgan fingerprint density at radius 2 is 1.73 bits per heavy atom. The fraction of sp³-hybridized carbons (Fsp3) is 0.105. The highest BCUT2D eigenvalue weighted by atomic mass is 32.2. The largest absolute Gasteiger partial charge is 0.354 e. The Kier molecular flexibility index (Phi) is 5.18. The molecule has 0 unspecified atom stereocenters. The van der Waals surface area contributed by atoms with Gasteiger partial charge in [0.25, 0.3) is 10.0 Å². The molecule has 2 aromatic carbocycles. The van der Waals surface area contributed by atoms with Gasteiger partial charge in [0.15, 0.2) is 0 Å². The summed E-state index contributed by atoms with van der Waals surface area (Å²) >= 11 is 0. The smallest absolute Gasteiger partial charge is 0.263 e. The molecule has 0 aliphatic heterocycles. The summed E-state index contributed by atoms with van der Waals surface area (Å²) < 4.78 is 39.9. The number of nitrogens with one attached hydrogen (secondary N) is 2. The van der Waals surface area contributed by atoms with Gasteiger partial charge in [0.1, 0.15) is 11.6 Å². The summed E-state index contributed by atoms with van der Waals surface area (Å²) in [5, 5.41) is 3.27. The van der Waals surface area contributed by atoms with Crippen molar-refractivity contribution in [2.75, 3.05) is 10.0 Å². The second kappa shape index (κ2) is 7.53. The number of rotatable bonds is 6. The van der Waals surface area contributed by atoms with Gasteiger partial charge in [0.05, 0.1) is 16.8 Å². The van der Waals surface area contributed by atoms with Gasteiger partial charge >= 0.3 is 0 Å². The number of benzene rings is 2. The van der Waals surface area contributed by atoms with Crippen LogP contribution in [0.1, 0.15) is 12.5 Å². The van der Waals surface area contributed by atoms with Crippen molar-refractivity contribution < 1.29 is 12.8 Å². The first-order chi connectivity index (χ1) is 12.5. The highest BCUT2D eigenvalue weighted by molar-refractivity contribution is 7.92. The SMILES string of the molecule is CCc1ccccc1Nc1ccc(NS(=O)(=O)c2ccc(F)cc2)nc1. The molecule has 0 atom stereocenters. The van der Waals surface area contributed by atoms with Crippen LogP contribution in [0.5, 0.6) is 0 Å². The van der Waals surface area contributed by atoms with E-state index in [9.17, 15) is 12.8 Å². The number of hydrogen-bond acceptors (Lipinski definition) is 4. The fourth-order valence-corrected chi connectivity index (χ4v) is 3.45. The summed E-state index contributed by atoms with van der Waals surface area (Å²) in [4.78, 5) is 4.10. The molecular weight excluding hydrogens is 353 g/mol. The highest BCUT2D eigenvalue weighted by Gasteiger charge is 2.14. The molecule has 5 nitrogen and oxygen atoms in total. The summed E-state index contributed by atoms with van der Waals surface area (Å²) in [6.45, 7) is 2.08. The van der Waals surface area contributed by atoms with Gasteiger partial charge in [-0.3, -0.25) is 4.72 Å². The minimum absolute atomic E-state index is 0.0280. The minimum Gasteiger partial charge on any atom is -0.354 e. The number of halogens is 1. The van der Waals surface area contributed by atoms with Gasteiger partial charge in [-0.05, 0) is 54.4 Å². The van der Waals surface area contributed by atoms with Gasteiger partial charge in [0, 0.05) is 5.69 Å². The Balaban J connectivity index is 1.74. The molecule has 0 saturated carbocycles. The first kappa shape index (κ1) is 17.9. The standard InChI is InChI=1S/C19H18FN3O2S/c1-2-14-5-3-4-6-18(14)22-16-9-12-19(21-13-16)23-26(24,25)17-10-7-15(20)8-11-17/h3-13,22H,2H2,1H3,(H,21,23). The molecule has 0 aliphatic carbocycles. The van der Waals surface area contributed by atoms with E-state index < -0.39 is 15.8 Å². The van der Waals surface area contributed by atoms with Crippen LogP contribution in [0.3, 0.4) is 0 Å². The quantitative estimate of drug-likeness (QED) is 0.677. The first-order valence-corrected chi connectivity index (χ1v) is 9.55. The molecule has 26 heavy (non-hydrogen) atoms. The van der Waals surface area contributed by atoms with Crippen molar-refractivity contribution in [1.82, 2.24) is 4.98 Å². The second-order valence-electron chi connectivity index (χ2n) is 5.63. The van der Waals surface area contributed by atoms with Crippen molar-refractivity contribution in [1.29, 1.82) is 0 Å². The molecule has 0 aliphatic rings. The average Bonchev–Trinajstić information content (AvgIpc) is 2.64. The molecule has 0 amide bonds. The maximum Gasteiger partial charge on any atom is 0.263 e. The van der Waals surface area contributed by atoms with E-state index in [0.717, 1.165) is 29.9 Å². The molecule has 0 radical (unpaired) electrons. The van der Waals surface area contributed by atoms with Gasteiger partial charge in [-0.15, -0.1) is 0 Å². The molecule has 7 heteroatoms. The number of aryl methyl sites for hydroxylation is 1. The highest BCUT2D eigenvalue weighted by Crippen LogP contribution is 2.22. The van der Waals surface area contributed by atoms with Crippen LogP contribution >= 0.6 is 0 Å². The normalized spacial score (nSPS) is 11.2. The van der Waals surface area contributed by atoms with Crippen LogP contribution in [-0.2, 0) is 16.4 Å². The van der Waals surface area contributed by atoms with E-state index in [0.29, 0.717) is 0 Å². The number of para-hydroxylation sites is 1. The Bertz CT molecular complexity index is 988. The number of anilines is 3. The van der Waals surface area contributed by atoms with Crippen molar-refractivity contribution in [3.05, 3.63) is 78.2 Å². The van der Waals surface area contributed by atoms with Gasteiger partial charge in [-0.1, -0.05) is 25.1 Å². The lowest BCUT2D eigenvalue weighted by atomic mass is 10.1. The summed E-state index contributed by atoms with van der Waals surface area (Å²) in [7, 11) is -3.81. The zero-order valence-corrected chi connectivity index (χ0v) is 14.9. The number of sulfonamides is 1. The van der Waals surface area contributed by atoms with Crippen molar-refractivity contribution in [3.8, 4) is 0 Å². The fourth-order valence-electron chi connectivity index (χ4n) is 2.44. The van der Waals surface area contributed by atoms with E-state index in [1.54, 1.807) is 18.3 Å². The Morgan fingerprint density at radius 3 is 2.38 bits per heavy atom. The summed E-state index contributed by atoms with van der Waals surface area (Å²) in [6, 6.07) is 15.9. The van der Waals surface area contributed by atoms with E-state index in [2.05, 4.69) is 21.9 Å². The lowest BCUT2D eigenvalue weighted by molar-refractivity contribution is 0.599. The van der Waals surface area contributed by atoms with Crippen molar-refractivity contribution in [2.45, 2.75) is 18.2 Å². The molecular formula is C19H18FN3O2S. The van der Waals surface area contributed by atoms with Crippen LogP contribution in [0.4, 0.5) is 21.6 Å². The Hall–Kier alpha value is -2.93. The monoisotopic (exact) mass is 371 g/mol. The first-order valence-electron chi connectivity index (χ1n) is 8.07. The predicted molar refractivity (Wildman–Crippen MR) is 101 cm³/mol. The van der Waals surface area contributed by atoms with Crippen molar-refractivity contribution >= 4 is 27.2 Å². The van der Waals surface area contributed by atoms with Crippen LogP contribution in [-0.4, -0.2) is 13.4 Å². The van der Waals surface area contributed by atoms with E-state index in [1.807, 2.05) is 24.3 Å². The molecule has 0 spiro atoms. The molecule has 3 rings (SSSR count). The zero-order chi connectivity index (χ0) is 18.6. The Labute approximate surface area is 152 Å². The van der Waals surface area contributed by atoms with Crippen LogP contribution in [0, 0.1) is 5.82 Å². The third kappa shape index (κ3) is 4.18. The molecule has 1 heterocycles. The van der Waals surface area contributed by atoms with Crippen molar-refractivity contribution in [2.24, 2.45) is 0 Å². The van der Waals surface area contributed by atoms with Crippen LogP contribution < -0.4 is 10.0 Å². The molecule has 134 valence electrons. The number of aromatic nitrogens is 1. The molecule has 0 saturated heterocycles. The zero-order valence-electron chi connectivity index (χ0n) is 14.1. The summed E-state index contributed by atoms with van der Waals surface area (Å²) in [5.41, 5.74) is 2.90. The predicted octanol–water partition coefficient (Wildman–Crippen LogP) is 4.33. The third-order valence-corrected chi connectivity index (χ3v) is 5.17. The summed E-state index contributed by atoms with van der Waals surface area (Å²) in [5.74, 6) is -0.312. The van der Waals surface area contributed by atoms with E-state index in [4.69, 9.17) is 0 Å². The molecule has 3 aromatic rings. The van der Waals surface area contributed by atoms with Gasteiger partial charge in [-0.2, -0.15) is 0 Å². The topological polar surface area (TPSA) is 71.1 Å². The number of hydrogen-bond donors (Lipinski definition) is 2. The molecule has 1 aromatic heterocycles. The van der Waals surface area contributed by atoms with Crippen LogP contribution in [0.2, 0.25) is 0 Å². The van der Waals surface area contributed by atoms with Gasteiger partial charge < -0.3 is 5.32 Å². The van der Waals surface area contributed by atoms with Gasteiger partial charge in [-0.25, -0.2) is 17.8 Å². The summed E-state index contributed by atoms with van der Waals surface area (Å²) in [6.07, 6.45) is 2.45. The maximum atomic E-state index is 12.9. The van der Waals surface area contributed by atoms with Crippen molar-refractivity contribution in [3.63, 3.8) is 0 Å². The lowest BCUT2D eigenvalue weighted by Crippen LogP contribution is -2.13. The number of pyridine rings is 1. The van der Waals surface area contributed by atoms with Gasteiger partial charge in [0.2, 0.25) is 0 Å². The third-order valence-electron chi connectivity index (χ3n) is 3.80. The molecule has 0 fully saturated rings.